The number of methoxy groups -OCH3 is 1. The Labute approximate surface area is 136 Å². The largest absolute Gasteiger partial charge is 0.488 e. The molecule has 0 amide bonds. The highest BCUT2D eigenvalue weighted by Gasteiger charge is 2.14. The van der Waals surface area contributed by atoms with E-state index in [9.17, 15) is 13.6 Å². The quantitative estimate of drug-likeness (QED) is 0.682. The third kappa shape index (κ3) is 3.17. The Morgan fingerprint density at radius 3 is 2.67 bits per heavy atom. The summed E-state index contributed by atoms with van der Waals surface area (Å²) in [6.07, 6.45) is 0. The zero-order valence-corrected chi connectivity index (χ0v) is 12.8. The zero-order chi connectivity index (χ0) is 17.1. The number of ether oxygens (including phenoxy) is 2. The monoisotopic (exact) mass is 329 g/mol. The van der Waals surface area contributed by atoms with Gasteiger partial charge in [0.15, 0.2) is 5.69 Å². The van der Waals surface area contributed by atoms with Gasteiger partial charge in [-0.3, -0.25) is 0 Å². The molecular weight excluding hydrogens is 316 g/mol. The molecule has 0 N–H and O–H groups in total. The minimum absolute atomic E-state index is 0.0279. The summed E-state index contributed by atoms with van der Waals surface area (Å²) in [7, 11) is 1.23. The summed E-state index contributed by atoms with van der Waals surface area (Å²) < 4.78 is 37.5. The predicted octanol–water partition coefficient (Wildman–Crippen LogP) is 3.88. The molecule has 1 aromatic heterocycles. The van der Waals surface area contributed by atoms with Crippen molar-refractivity contribution in [3.8, 4) is 5.75 Å². The molecule has 1 heterocycles. The molecule has 6 heteroatoms. The summed E-state index contributed by atoms with van der Waals surface area (Å²) in [5, 5.41) is 0.388. The van der Waals surface area contributed by atoms with Crippen LogP contribution in [-0.4, -0.2) is 18.1 Å². The van der Waals surface area contributed by atoms with Crippen LogP contribution < -0.4 is 4.74 Å². The molecule has 2 aromatic carbocycles. The van der Waals surface area contributed by atoms with E-state index in [-0.39, 0.29) is 18.1 Å². The van der Waals surface area contributed by atoms with Crippen molar-refractivity contribution < 1.29 is 23.0 Å². The maximum atomic E-state index is 13.7. The van der Waals surface area contributed by atoms with Crippen LogP contribution in [0, 0.1) is 11.6 Å². The summed E-state index contributed by atoms with van der Waals surface area (Å²) in [5.74, 6) is -1.29. The van der Waals surface area contributed by atoms with Gasteiger partial charge in [0.05, 0.1) is 12.6 Å². The van der Waals surface area contributed by atoms with Gasteiger partial charge in [-0.1, -0.05) is 18.2 Å². The number of esters is 1. The molecule has 4 nitrogen and oxygen atoms in total. The number of pyridine rings is 1. The fraction of sp³-hybridized carbons (Fsp3) is 0.111. The lowest BCUT2D eigenvalue weighted by Gasteiger charge is -2.11. The molecule has 0 saturated carbocycles. The van der Waals surface area contributed by atoms with Crippen molar-refractivity contribution >= 4 is 16.9 Å². The summed E-state index contributed by atoms with van der Waals surface area (Å²) in [5.41, 5.74) is 0.751. The third-order valence-corrected chi connectivity index (χ3v) is 3.47. The molecule has 0 bridgehead atoms. The van der Waals surface area contributed by atoms with Crippen LogP contribution in [-0.2, 0) is 11.3 Å². The Kier molecular flexibility index (Phi) is 4.37. The first-order valence-electron chi connectivity index (χ1n) is 7.13. The van der Waals surface area contributed by atoms with Crippen molar-refractivity contribution in [3.63, 3.8) is 0 Å². The lowest BCUT2D eigenvalue weighted by molar-refractivity contribution is 0.0594. The van der Waals surface area contributed by atoms with E-state index in [0.29, 0.717) is 16.5 Å². The topological polar surface area (TPSA) is 48.4 Å². The van der Waals surface area contributed by atoms with Gasteiger partial charge in [0.25, 0.3) is 0 Å². The maximum Gasteiger partial charge on any atom is 0.356 e. The number of rotatable bonds is 4. The molecule has 122 valence electrons. The van der Waals surface area contributed by atoms with Crippen molar-refractivity contribution in [2.45, 2.75) is 6.61 Å². The smallest absolute Gasteiger partial charge is 0.356 e. The van der Waals surface area contributed by atoms with Crippen LogP contribution >= 0.6 is 0 Å². The van der Waals surface area contributed by atoms with E-state index < -0.39 is 17.6 Å². The average Bonchev–Trinajstić information content (AvgIpc) is 2.60. The van der Waals surface area contributed by atoms with Gasteiger partial charge in [0.2, 0.25) is 0 Å². The summed E-state index contributed by atoms with van der Waals surface area (Å²) in [6.45, 7) is -0.0666. The molecule has 0 fully saturated rings. The fourth-order valence-electron chi connectivity index (χ4n) is 2.27. The molecular formula is C18H13F2NO3. The second kappa shape index (κ2) is 6.62. The Morgan fingerprint density at radius 1 is 1.12 bits per heavy atom. The van der Waals surface area contributed by atoms with Crippen LogP contribution in [0.25, 0.3) is 10.9 Å². The molecule has 0 unspecified atom stereocenters. The van der Waals surface area contributed by atoms with Crippen LogP contribution in [0.4, 0.5) is 8.78 Å². The van der Waals surface area contributed by atoms with Crippen molar-refractivity contribution in [1.82, 2.24) is 4.98 Å². The van der Waals surface area contributed by atoms with Gasteiger partial charge in [-0.2, -0.15) is 0 Å². The second-order valence-electron chi connectivity index (χ2n) is 5.04. The fourth-order valence-corrected chi connectivity index (χ4v) is 2.27. The minimum Gasteiger partial charge on any atom is -0.488 e. The molecule has 3 aromatic rings. The van der Waals surface area contributed by atoms with Gasteiger partial charge >= 0.3 is 5.97 Å². The lowest BCUT2D eigenvalue weighted by Crippen LogP contribution is -2.06. The minimum atomic E-state index is -0.642. The number of halogens is 2. The van der Waals surface area contributed by atoms with Crippen LogP contribution in [0.3, 0.4) is 0 Å². The van der Waals surface area contributed by atoms with E-state index in [1.807, 2.05) is 0 Å². The first kappa shape index (κ1) is 15.9. The Balaban J connectivity index is 2.02. The van der Waals surface area contributed by atoms with E-state index in [1.54, 1.807) is 18.2 Å². The second-order valence-corrected chi connectivity index (χ2v) is 5.04. The number of carbonyl (C=O) groups excluding carboxylic acids is 1. The van der Waals surface area contributed by atoms with Gasteiger partial charge in [0, 0.05) is 17.0 Å². The molecule has 0 aliphatic heterocycles. The highest BCUT2D eigenvalue weighted by molar-refractivity contribution is 5.94. The highest BCUT2D eigenvalue weighted by Crippen LogP contribution is 2.27. The SMILES string of the molecule is COC(=O)c1cc(OCc2ccccc2F)c2cc(F)ccc2n1. The molecule has 3 rings (SSSR count). The van der Waals surface area contributed by atoms with E-state index in [4.69, 9.17) is 4.74 Å². The molecule has 0 radical (unpaired) electrons. The normalized spacial score (nSPS) is 10.6. The number of hydrogen-bond donors (Lipinski definition) is 0. The first-order chi connectivity index (χ1) is 11.6. The first-order valence-corrected chi connectivity index (χ1v) is 7.13. The number of fused-ring (bicyclic) bond motifs is 1. The molecule has 24 heavy (non-hydrogen) atoms. The number of nitrogens with zero attached hydrogens (tertiary/aromatic N) is 1. The number of carbonyl (C=O) groups is 1. The van der Waals surface area contributed by atoms with Crippen LogP contribution in [0.2, 0.25) is 0 Å². The molecule has 0 saturated heterocycles. The van der Waals surface area contributed by atoms with E-state index >= 15 is 0 Å². The number of benzene rings is 2. The van der Waals surface area contributed by atoms with E-state index in [1.165, 1.54) is 37.4 Å². The standard InChI is InChI=1S/C18H13F2NO3/c1-23-18(22)16-9-17(13-8-12(19)6-7-15(13)21-16)24-10-11-4-2-3-5-14(11)20/h2-9H,10H2,1H3. The molecule has 0 aliphatic carbocycles. The van der Waals surface area contributed by atoms with Crippen LogP contribution in [0.15, 0.2) is 48.5 Å². The lowest BCUT2D eigenvalue weighted by atomic mass is 10.1. The third-order valence-electron chi connectivity index (χ3n) is 3.47. The van der Waals surface area contributed by atoms with Crippen molar-refractivity contribution in [3.05, 3.63) is 71.4 Å². The summed E-state index contributed by atoms with van der Waals surface area (Å²) in [6, 6.07) is 11.4. The Hall–Kier alpha value is -3.02. The number of aromatic nitrogens is 1. The van der Waals surface area contributed by atoms with Gasteiger partial charge < -0.3 is 9.47 Å². The summed E-state index contributed by atoms with van der Waals surface area (Å²) >= 11 is 0. The van der Waals surface area contributed by atoms with Gasteiger partial charge in [0.1, 0.15) is 24.0 Å². The van der Waals surface area contributed by atoms with Crippen LogP contribution in [0.1, 0.15) is 16.1 Å². The van der Waals surface area contributed by atoms with Crippen molar-refractivity contribution in [2.75, 3.05) is 7.11 Å². The summed E-state index contributed by atoms with van der Waals surface area (Å²) in [4.78, 5) is 15.9. The maximum absolute atomic E-state index is 13.7. The van der Waals surface area contributed by atoms with E-state index in [2.05, 4.69) is 9.72 Å². The van der Waals surface area contributed by atoms with Gasteiger partial charge in [-0.25, -0.2) is 18.6 Å². The molecule has 0 spiro atoms. The Bertz CT molecular complexity index is 912. The highest BCUT2D eigenvalue weighted by atomic mass is 19.1. The zero-order valence-electron chi connectivity index (χ0n) is 12.8. The van der Waals surface area contributed by atoms with Gasteiger partial charge in [-0.15, -0.1) is 0 Å². The number of hydrogen-bond acceptors (Lipinski definition) is 4. The predicted molar refractivity (Wildman–Crippen MR) is 83.8 cm³/mol. The van der Waals surface area contributed by atoms with Crippen molar-refractivity contribution in [1.29, 1.82) is 0 Å². The average molecular weight is 329 g/mol. The van der Waals surface area contributed by atoms with Crippen molar-refractivity contribution in [2.24, 2.45) is 0 Å². The van der Waals surface area contributed by atoms with Gasteiger partial charge in [-0.05, 0) is 24.3 Å². The Morgan fingerprint density at radius 2 is 1.92 bits per heavy atom. The van der Waals surface area contributed by atoms with E-state index in [0.717, 1.165) is 0 Å². The molecule has 0 aliphatic rings. The molecule has 0 atom stereocenters. The van der Waals surface area contributed by atoms with Crippen LogP contribution in [0.5, 0.6) is 5.75 Å².